The fourth-order valence-electron chi connectivity index (χ4n) is 1.39. The molecule has 0 radical (unpaired) electrons. The largest absolute Gasteiger partial charge is 0.388 e. The quantitative estimate of drug-likeness (QED) is 0.610. The summed E-state index contributed by atoms with van der Waals surface area (Å²) in [6.07, 6.45) is 4.67. The van der Waals surface area contributed by atoms with Crippen LogP contribution >= 0.6 is 0 Å². The molecule has 0 aromatic rings. The highest BCUT2D eigenvalue weighted by Gasteiger charge is 2.23. The van der Waals surface area contributed by atoms with Gasteiger partial charge in [0.25, 0.3) is 0 Å². The van der Waals surface area contributed by atoms with Crippen molar-refractivity contribution in [1.29, 1.82) is 0 Å². The van der Waals surface area contributed by atoms with Gasteiger partial charge in [0.05, 0.1) is 0 Å². The van der Waals surface area contributed by atoms with Gasteiger partial charge in [-0.15, -0.1) is 0 Å². The van der Waals surface area contributed by atoms with Crippen LogP contribution in [0, 0.1) is 5.41 Å². The van der Waals surface area contributed by atoms with Crippen molar-refractivity contribution in [2.24, 2.45) is 5.41 Å². The molecule has 11 heavy (non-hydrogen) atoms. The number of hydrogen-bond acceptors (Lipinski definition) is 1. The van der Waals surface area contributed by atoms with Crippen LogP contribution in [-0.4, -0.2) is 6.04 Å². The van der Waals surface area contributed by atoms with Gasteiger partial charge in [0.2, 0.25) is 0 Å². The van der Waals surface area contributed by atoms with E-state index in [0.29, 0.717) is 11.5 Å². The molecule has 0 aromatic heterocycles. The van der Waals surface area contributed by atoms with Gasteiger partial charge in [-0.3, -0.25) is 0 Å². The van der Waals surface area contributed by atoms with Gasteiger partial charge in [-0.25, -0.2) is 0 Å². The van der Waals surface area contributed by atoms with Gasteiger partial charge in [-0.2, -0.15) is 0 Å². The predicted molar refractivity (Wildman–Crippen MR) is 49.4 cm³/mol. The first-order valence-electron chi connectivity index (χ1n) is 4.49. The Bertz CT molecular complexity index is 162. The van der Waals surface area contributed by atoms with Crippen LogP contribution in [0.3, 0.4) is 0 Å². The fraction of sp³-hybridized carbons (Fsp3) is 0.800. The van der Waals surface area contributed by atoms with Crippen molar-refractivity contribution in [2.75, 3.05) is 0 Å². The van der Waals surface area contributed by atoms with Gasteiger partial charge >= 0.3 is 0 Å². The molecule has 0 amide bonds. The van der Waals surface area contributed by atoms with Crippen LogP contribution in [0.25, 0.3) is 0 Å². The molecule has 1 heterocycles. The standard InChI is InChI=1S/C10H19N/c1-5-9-6-8(7-11-9)10(2,3)4/h7,9,11H,5-6H2,1-4H3. The van der Waals surface area contributed by atoms with E-state index in [1.807, 2.05) is 0 Å². The minimum absolute atomic E-state index is 0.358. The summed E-state index contributed by atoms with van der Waals surface area (Å²) in [6, 6.07) is 0.698. The van der Waals surface area contributed by atoms with Crippen molar-refractivity contribution < 1.29 is 0 Å². The molecule has 0 spiro atoms. The molecule has 0 bridgehead atoms. The van der Waals surface area contributed by atoms with Gasteiger partial charge in [0.1, 0.15) is 0 Å². The summed E-state index contributed by atoms with van der Waals surface area (Å²) in [4.78, 5) is 0. The van der Waals surface area contributed by atoms with Crippen molar-refractivity contribution in [1.82, 2.24) is 5.32 Å². The molecule has 1 N–H and O–H groups in total. The summed E-state index contributed by atoms with van der Waals surface area (Å²) in [5.41, 5.74) is 1.92. The lowest BCUT2D eigenvalue weighted by atomic mass is 9.85. The maximum atomic E-state index is 3.40. The molecule has 0 aliphatic carbocycles. The highest BCUT2D eigenvalue weighted by Crippen LogP contribution is 2.31. The maximum Gasteiger partial charge on any atom is 0.0291 e. The minimum atomic E-state index is 0.358. The van der Waals surface area contributed by atoms with Crippen LogP contribution in [0.15, 0.2) is 11.8 Å². The third kappa shape index (κ3) is 1.98. The number of nitrogens with one attached hydrogen (secondary N) is 1. The van der Waals surface area contributed by atoms with E-state index in [1.165, 1.54) is 12.8 Å². The summed E-state index contributed by atoms with van der Waals surface area (Å²) in [5.74, 6) is 0. The molecular formula is C10H19N. The van der Waals surface area contributed by atoms with E-state index in [2.05, 4.69) is 39.2 Å². The summed E-state index contributed by atoms with van der Waals surface area (Å²) in [7, 11) is 0. The monoisotopic (exact) mass is 153 g/mol. The molecule has 1 unspecified atom stereocenters. The zero-order valence-electron chi connectivity index (χ0n) is 8.07. The average Bonchev–Trinajstić information content (AvgIpc) is 2.32. The van der Waals surface area contributed by atoms with Crippen LogP contribution in [0.4, 0.5) is 0 Å². The smallest absolute Gasteiger partial charge is 0.0291 e. The SMILES string of the molecule is CCC1CC(C(C)(C)C)=CN1. The normalized spacial score (nSPS) is 24.7. The Morgan fingerprint density at radius 1 is 1.55 bits per heavy atom. The zero-order valence-corrected chi connectivity index (χ0v) is 8.07. The Kier molecular flexibility index (Phi) is 2.26. The van der Waals surface area contributed by atoms with Crippen LogP contribution in [0.5, 0.6) is 0 Å². The van der Waals surface area contributed by atoms with Crippen molar-refractivity contribution >= 4 is 0 Å². The summed E-state index contributed by atoms with van der Waals surface area (Å²) < 4.78 is 0. The van der Waals surface area contributed by atoms with Crippen molar-refractivity contribution in [3.05, 3.63) is 11.8 Å². The molecule has 1 aliphatic rings. The van der Waals surface area contributed by atoms with E-state index in [-0.39, 0.29) is 0 Å². The van der Waals surface area contributed by atoms with Crippen molar-refractivity contribution in [2.45, 2.75) is 46.6 Å². The first kappa shape index (κ1) is 8.63. The number of hydrogen-bond donors (Lipinski definition) is 1. The minimum Gasteiger partial charge on any atom is -0.388 e. The summed E-state index contributed by atoms with van der Waals surface area (Å²) in [6.45, 7) is 9.06. The Morgan fingerprint density at radius 2 is 2.18 bits per heavy atom. The molecule has 1 heteroatoms. The van der Waals surface area contributed by atoms with Crippen LogP contribution in [0.1, 0.15) is 40.5 Å². The Balaban J connectivity index is 2.53. The maximum absolute atomic E-state index is 3.40. The highest BCUT2D eigenvalue weighted by molar-refractivity contribution is 5.16. The second-order valence-electron chi connectivity index (χ2n) is 4.40. The van der Waals surface area contributed by atoms with E-state index >= 15 is 0 Å². The van der Waals surface area contributed by atoms with Gasteiger partial charge in [0, 0.05) is 6.04 Å². The van der Waals surface area contributed by atoms with Gasteiger partial charge in [-0.1, -0.05) is 27.7 Å². The van der Waals surface area contributed by atoms with E-state index in [0.717, 1.165) is 0 Å². The molecule has 0 saturated heterocycles. The lowest BCUT2D eigenvalue weighted by molar-refractivity contribution is 0.474. The number of rotatable bonds is 1. The predicted octanol–water partition coefficient (Wildman–Crippen LogP) is 2.69. The van der Waals surface area contributed by atoms with Gasteiger partial charge < -0.3 is 5.32 Å². The van der Waals surface area contributed by atoms with E-state index in [1.54, 1.807) is 5.57 Å². The highest BCUT2D eigenvalue weighted by atomic mass is 14.9. The second kappa shape index (κ2) is 2.88. The average molecular weight is 153 g/mol. The van der Waals surface area contributed by atoms with E-state index in [9.17, 15) is 0 Å². The first-order valence-corrected chi connectivity index (χ1v) is 4.49. The van der Waals surface area contributed by atoms with E-state index in [4.69, 9.17) is 0 Å². The van der Waals surface area contributed by atoms with Crippen molar-refractivity contribution in [3.8, 4) is 0 Å². The first-order chi connectivity index (χ1) is 5.04. The Hall–Kier alpha value is -0.460. The van der Waals surface area contributed by atoms with Crippen molar-refractivity contribution in [3.63, 3.8) is 0 Å². The third-order valence-electron chi connectivity index (χ3n) is 2.42. The molecule has 0 fully saturated rings. The molecule has 1 aliphatic heterocycles. The lowest BCUT2D eigenvalue weighted by Gasteiger charge is -2.20. The summed E-state index contributed by atoms with van der Waals surface area (Å²) in [5, 5.41) is 3.40. The van der Waals surface area contributed by atoms with E-state index < -0.39 is 0 Å². The molecule has 0 saturated carbocycles. The molecule has 0 aromatic carbocycles. The molecule has 64 valence electrons. The lowest BCUT2D eigenvalue weighted by Crippen LogP contribution is -2.17. The van der Waals surface area contributed by atoms with Crippen LogP contribution in [0.2, 0.25) is 0 Å². The zero-order chi connectivity index (χ0) is 8.48. The Morgan fingerprint density at radius 3 is 2.45 bits per heavy atom. The topological polar surface area (TPSA) is 12.0 Å². The van der Waals surface area contributed by atoms with Gasteiger partial charge in [-0.05, 0) is 30.0 Å². The fourth-order valence-corrected chi connectivity index (χ4v) is 1.39. The molecule has 1 rings (SSSR count). The third-order valence-corrected chi connectivity index (χ3v) is 2.42. The van der Waals surface area contributed by atoms with Gasteiger partial charge in [0.15, 0.2) is 0 Å². The molecule has 1 atom stereocenters. The summed E-state index contributed by atoms with van der Waals surface area (Å²) >= 11 is 0. The van der Waals surface area contributed by atoms with Crippen LogP contribution < -0.4 is 5.32 Å². The van der Waals surface area contributed by atoms with Crippen LogP contribution in [-0.2, 0) is 0 Å². The molecular weight excluding hydrogens is 134 g/mol. The molecule has 1 nitrogen and oxygen atoms in total. The second-order valence-corrected chi connectivity index (χ2v) is 4.40. The Labute approximate surface area is 69.9 Å².